The van der Waals surface area contributed by atoms with Crippen molar-refractivity contribution in [1.29, 1.82) is 0 Å². The molecule has 0 aliphatic rings. The van der Waals surface area contributed by atoms with E-state index in [2.05, 4.69) is 5.32 Å². The minimum absolute atomic E-state index is 0.237. The summed E-state index contributed by atoms with van der Waals surface area (Å²) in [4.78, 5) is 11.1. The van der Waals surface area contributed by atoms with Crippen LogP contribution in [0.15, 0.2) is 29.2 Å². The van der Waals surface area contributed by atoms with Gasteiger partial charge in [0.15, 0.2) is 0 Å². The molecule has 5 heteroatoms. The molecule has 0 spiro atoms. The number of thioether (sulfide) groups is 1. The van der Waals surface area contributed by atoms with E-state index >= 15 is 0 Å². The molecule has 1 aromatic carbocycles. The van der Waals surface area contributed by atoms with Crippen molar-refractivity contribution in [3.63, 3.8) is 0 Å². The van der Waals surface area contributed by atoms with Crippen molar-refractivity contribution in [2.45, 2.75) is 17.9 Å². The number of nitrogens with one attached hydrogen (secondary N) is 1. The van der Waals surface area contributed by atoms with Crippen LogP contribution < -0.4 is 5.32 Å². The fourth-order valence-corrected chi connectivity index (χ4v) is 1.91. The Hall–Kier alpha value is -1.07. The summed E-state index contributed by atoms with van der Waals surface area (Å²) in [7, 11) is 0. The molecule has 0 bridgehead atoms. The Morgan fingerprint density at radius 3 is 2.88 bits per heavy atom. The van der Waals surface area contributed by atoms with E-state index in [1.54, 1.807) is 25.1 Å². The van der Waals surface area contributed by atoms with Gasteiger partial charge in [-0.25, -0.2) is 4.39 Å². The Labute approximate surface area is 98.1 Å². The Balaban J connectivity index is 2.26. The number of carboxylic acid groups (broad SMARTS) is 1. The lowest BCUT2D eigenvalue weighted by atomic mass is 10.3. The summed E-state index contributed by atoms with van der Waals surface area (Å²) in [5, 5.41) is 11.4. The highest BCUT2D eigenvalue weighted by molar-refractivity contribution is 7.99. The zero-order valence-corrected chi connectivity index (χ0v) is 9.76. The van der Waals surface area contributed by atoms with Crippen molar-refractivity contribution in [2.75, 3.05) is 12.3 Å². The van der Waals surface area contributed by atoms with Gasteiger partial charge in [-0.3, -0.25) is 4.79 Å². The van der Waals surface area contributed by atoms with Crippen molar-refractivity contribution < 1.29 is 14.3 Å². The average molecular weight is 243 g/mol. The maximum atomic E-state index is 13.2. The lowest BCUT2D eigenvalue weighted by Crippen LogP contribution is -2.35. The number of hydrogen-bond acceptors (Lipinski definition) is 3. The van der Waals surface area contributed by atoms with Crippen molar-refractivity contribution in [1.82, 2.24) is 5.32 Å². The lowest BCUT2D eigenvalue weighted by molar-refractivity contribution is -0.138. The largest absolute Gasteiger partial charge is 0.480 e. The SMILES string of the molecule is CC(NCCSc1ccccc1F)C(=O)O. The van der Waals surface area contributed by atoms with Gasteiger partial charge in [-0.2, -0.15) is 0 Å². The molecule has 1 unspecified atom stereocenters. The third-order valence-electron chi connectivity index (χ3n) is 2.02. The van der Waals surface area contributed by atoms with E-state index < -0.39 is 12.0 Å². The van der Waals surface area contributed by atoms with Crippen molar-refractivity contribution >= 4 is 17.7 Å². The minimum atomic E-state index is -0.879. The summed E-state index contributed by atoms with van der Waals surface area (Å²) in [6, 6.07) is 5.97. The highest BCUT2D eigenvalue weighted by atomic mass is 32.2. The molecule has 16 heavy (non-hydrogen) atoms. The van der Waals surface area contributed by atoms with Gasteiger partial charge in [-0.05, 0) is 19.1 Å². The van der Waals surface area contributed by atoms with Gasteiger partial charge in [-0.15, -0.1) is 11.8 Å². The molecule has 0 fully saturated rings. The molecule has 2 N–H and O–H groups in total. The van der Waals surface area contributed by atoms with Crippen LogP contribution in [0, 0.1) is 5.82 Å². The van der Waals surface area contributed by atoms with E-state index in [4.69, 9.17) is 5.11 Å². The van der Waals surface area contributed by atoms with Crippen LogP contribution in [0.4, 0.5) is 4.39 Å². The van der Waals surface area contributed by atoms with Crippen LogP contribution in [0.25, 0.3) is 0 Å². The number of carboxylic acids is 1. The molecule has 0 aromatic heterocycles. The van der Waals surface area contributed by atoms with Gasteiger partial charge in [-0.1, -0.05) is 12.1 Å². The molecule has 3 nitrogen and oxygen atoms in total. The number of aliphatic carboxylic acids is 1. The zero-order chi connectivity index (χ0) is 12.0. The number of halogens is 1. The molecule has 88 valence electrons. The van der Waals surface area contributed by atoms with Gasteiger partial charge in [0, 0.05) is 17.2 Å². The van der Waals surface area contributed by atoms with E-state index in [1.807, 2.05) is 0 Å². The molecule has 1 aromatic rings. The van der Waals surface area contributed by atoms with Crippen LogP contribution in [-0.4, -0.2) is 29.4 Å². The van der Waals surface area contributed by atoms with Gasteiger partial charge < -0.3 is 10.4 Å². The number of carbonyl (C=O) groups is 1. The molecule has 0 saturated carbocycles. The van der Waals surface area contributed by atoms with Crippen LogP contribution in [-0.2, 0) is 4.79 Å². The third kappa shape index (κ3) is 4.20. The van der Waals surface area contributed by atoms with Crippen LogP contribution in [0.2, 0.25) is 0 Å². The smallest absolute Gasteiger partial charge is 0.320 e. The standard InChI is InChI=1S/C11H14FNO2S/c1-8(11(14)15)13-6-7-16-10-5-3-2-4-9(10)12/h2-5,8,13H,6-7H2,1H3,(H,14,15). The second-order valence-electron chi connectivity index (χ2n) is 3.29. The van der Waals surface area contributed by atoms with Gasteiger partial charge in [0.2, 0.25) is 0 Å². The molecule has 0 aliphatic carbocycles. The molecule has 1 rings (SSSR count). The Kier molecular flexibility index (Phi) is 5.28. The van der Waals surface area contributed by atoms with E-state index in [9.17, 15) is 9.18 Å². The van der Waals surface area contributed by atoms with Crippen molar-refractivity contribution in [2.24, 2.45) is 0 Å². The summed E-state index contributed by atoms with van der Waals surface area (Å²) in [6.45, 7) is 2.11. The van der Waals surface area contributed by atoms with E-state index in [-0.39, 0.29) is 5.82 Å². The highest BCUT2D eigenvalue weighted by Crippen LogP contribution is 2.20. The molecular formula is C11H14FNO2S. The first-order valence-corrected chi connectivity index (χ1v) is 5.93. The minimum Gasteiger partial charge on any atom is -0.480 e. The Morgan fingerprint density at radius 2 is 2.25 bits per heavy atom. The number of rotatable bonds is 6. The first-order valence-electron chi connectivity index (χ1n) is 4.95. The van der Waals surface area contributed by atoms with Gasteiger partial charge in [0.05, 0.1) is 0 Å². The topological polar surface area (TPSA) is 49.3 Å². The van der Waals surface area contributed by atoms with Gasteiger partial charge in [0.25, 0.3) is 0 Å². The predicted molar refractivity (Wildman–Crippen MR) is 62.2 cm³/mol. The van der Waals surface area contributed by atoms with Crippen LogP contribution in [0.5, 0.6) is 0 Å². The Bertz CT molecular complexity index is 360. The van der Waals surface area contributed by atoms with E-state index in [0.717, 1.165) is 0 Å². The van der Waals surface area contributed by atoms with Crippen molar-refractivity contribution in [3.8, 4) is 0 Å². The monoisotopic (exact) mass is 243 g/mol. The normalized spacial score (nSPS) is 12.4. The van der Waals surface area contributed by atoms with E-state index in [0.29, 0.717) is 17.2 Å². The Morgan fingerprint density at radius 1 is 1.56 bits per heavy atom. The molecule has 1 atom stereocenters. The van der Waals surface area contributed by atoms with Gasteiger partial charge in [0.1, 0.15) is 11.9 Å². The lowest BCUT2D eigenvalue weighted by Gasteiger charge is -2.08. The fraction of sp³-hybridized carbons (Fsp3) is 0.364. The molecule has 0 amide bonds. The zero-order valence-electron chi connectivity index (χ0n) is 8.94. The summed E-state index contributed by atoms with van der Waals surface area (Å²) in [6.07, 6.45) is 0. The molecule has 0 heterocycles. The quantitative estimate of drug-likeness (QED) is 0.592. The van der Waals surface area contributed by atoms with Crippen LogP contribution in [0.1, 0.15) is 6.92 Å². The maximum absolute atomic E-state index is 13.2. The molecule has 0 radical (unpaired) electrons. The summed E-state index contributed by atoms with van der Waals surface area (Å²) in [5.41, 5.74) is 0. The molecule has 0 saturated heterocycles. The second kappa shape index (κ2) is 6.50. The van der Waals surface area contributed by atoms with Gasteiger partial charge >= 0.3 is 5.97 Å². The van der Waals surface area contributed by atoms with Crippen LogP contribution >= 0.6 is 11.8 Å². The second-order valence-corrected chi connectivity index (χ2v) is 4.43. The fourth-order valence-electron chi connectivity index (χ4n) is 1.09. The predicted octanol–water partition coefficient (Wildman–Crippen LogP) is 1.98. The maximum Gasteiger partial charge on any atom is 0.320 e. The van der Waals surface area contributed by atoms with Crippen molar-refractivity contribution in [3.05, 3.63) is 30.1 Å². The van der Waals surface area contributed by atoms with Crippen LogP contribution in [0.3, 0.4) is 0 Å². The highest BCUT2D eigenvalue weighted by Gasteiger charge is 2.08. The summed E-state index contributed by atoms with van der Waals surface area (Å²) < 4.78 is 13.2. The molecular weight excluding hydrogens is 229 g/mol. The number of hydrogen-bond donors (Lipinski definition) is 2. The number of benzene rings is 1. The average Bonchev–Trinajstić information content (AvgIpc) is 2.26. The third-order valence-corrected chi connectivity index (χ3v) is 3.07. The first-order chi connectivity index (χ1) is 7.61. The summed E-state index contributed by atoms with van der Waals surface area (Å²) >= 11 is 1.37. The molecule has 0 aliphatic heterocycles. The first kappa shape index (κ1) is 13.0. The van der Waals surface area contributed by atoms with E-state index in [1.165, 1.54) is 17.8 Å². The summed E-state index contributed by atoms with van der Waals surface area (Å²) in [5.74, 6) is -0.479.